The monoisotopic (exact) mass is 285 g/mol. The van der Waals surface area contributed by atoms with Crippen molar-refractivity contribution in [3.05, 3.63) is 29.8 Å². The van der Waals surface area contributed by atoms with Crippen molar-refractivity contribution in [2.75, 3.05) is 24.6 Å². The number of hydrogen-bond acceptors (Lipinski definition) is 3. The van der Waals surface area contributed by atoms with E-state index in [0.29, 0.717) is 5.92 Å². The molecule has 1 saturated heterocycles. The molecule has 2 aliphatic rings. The van der Waals surface area contributed by atoms with Crippen molar-refractivity contribution in [1.29, 1.82) is 0 Å². The molecule has 2 aliphatic heterocycles. The van der Waals surface area contributed by atoms with E-state index in [9.17, 15) is 4.79 Å². The van der Waals surface area contributed by atoms with Gasteiger partial charge in [0.1, 0.15) is 0 Å². The molecule has 4 heteroatoms. The molecule has 0 aliphatic carbocycles. The topological polar surface area (TPSA) is 35.9 Å². The van der Waals surface area contributed by atoms with Crippen LogP contribution in [0.15, 0.2) is 29.4 Å². The van der Waals surface area contributed by atoms with Crippen LogP contribution in [0.1, 0.15) is 43.5 Å². The summed E-state index contributed by atoms with van der Waals surface area (Å²) in [5, 5.41) is 6.49. The van der Waals surface area contributed by atoms with Gasteiger partial charge in [-0.2, -0.15) is 5.10 Å². The van der Waals surface area contributed by atoms with Gasteiger partial charge >= 0.3 is 0 Å². The summed E-state index contributed by atoms with van der Waals surface area (Å²) >= 11 is 0. The molecule has 0 radical (unpaired) electrons. The lowest BCUT2D eigenvalue weighted by Gasteiger charge is -2.31. The molecule has 1 unspecified atom stereocenters. The molecule has 0 spiro atoms. The molecular formula is C17H23N3O. The quantitative estimate of drug-likeness (QED) is 0.837. The van der Waals surface area contributed by atoms with E-state index in [1.165, 1.54) is 6.42 Å². The third-order valence-corrected chi connectivity index (χ3v) is 4.33. The van der Waals surface area contributed by atoms with Gasteiger partial charge in [-0.1, -0.05) is 6.92 Å². The lowest BCUT2D eigenvalue weighted by Crippen LogP contribution is -2.39. The maximum atomic E-state index is 12.5. The lowest BCUT2D eigenvalue weighted by atomic mass is 9.99. The number of carbonyl (C=O) groups excluding carboxylic acids is 1. The number of piperidine rings is 1. The van der Waals surface area contributed by atoms with Gasteiger partial charge in [-0.25, -0.2) is 0 Å². The van der Waals surface area contributed by atoms with Gasteiger partial charge in [0.2, 0.25) is 0 Å². The Kier molecular flexibility index (Phi) is 3.95. The maximum Gasteiger partial charge on any atom is 0.253 e. The molecule has 1 aromatic rings. The van der Waals surface area contributed by atoms with Crippen LogP contribution in [0, 0.1) is 5.92 Å². The first-order valence-electron chi connectivity index (χ1n) is 7.84. The Morgan fingerprint density at radius 1 is 1.24 bits per heavy atom. The summed E-state index contributed by atoms with van der Waals surface area (Å²) in [6, 6.07) is 7.87. The summed E-state index contributed by atoms with van der Waals surface area (Å²) in [5.74, 6) is 0.776. The maximum absolute atomic E-state index is 12.5. The Bertz CT molecular complexity index is 550. The molecule has 0 saturated carbocycles. The van der Waals surface area contributed by atoms with Crippen LogP contribution in [0.3, 0.4) is 0 Å². The first-order chi connectivity index (χ1) is 10.1. The van der Waals surface area contributed by atoms with Gasteiger partial charge in [0.25, 0.3) is 5.91 Å². The second-order valence-corrected chi connectivity index (χ2v) is 6.25. The molecule has 0 aromatic heterocycles. The summed E-state index contributed by atoms with van der Waals surface area (Å²) in [6.45, 7) is 6.98. The number of amides is 1. The van der Waals surface area contributed by atoms with E-state index in [-0.39, 0.29) is 5.91 Å². The Labute approximate surface area is 126 Å². The third-order valence-electron chi connectivity index (χ3n) is 4.33. The van der Waals surface area contributed by atoms with Crippen LogP contribution in [0.5, 0.6) is 0 Å². The standard InChI is InChI=1S/C17H23N3O/c1-13-4-3-10-19(12-13)17(21)15-5-7-16(8-6-15)20-11-9-14(2)18-20/h5-8,13H,3-4,9-12H2,1-2H3. The zero-order chi connectivity index (χ0) is 14.8. The fraction of sp³-hybridized carbons (Fsp3) is 0.529. The van der Waals surface area contributed by atoms with E-state index in [4.69, 9.17) is 0 Å². The Balaban J connectivity index is 1.70. The van der Waals surface area contributed by atoms with E-state index < -0.39 is 0 Å². The van der Waals surface area contributed by atoms with Gasteiger partial charge in [-0.3, -0.25) is 9.80 Å². The van der Waals surface area contributed by atoms with Gasteiger partial charge < -0.3 is 4.90 Å². The van der Waals surface area contributed by atoms with E-state index in [1.54, 1.807) is 0 Å². The molecular weight excluding hydrogens is 262 g/mol. The molecule has 1 atom stereocenters. The fourth-order valence-corrected chi connectivity index (χ4v) is 3.09. The zero-order valence-corrected chi connectivity index (χ0v) is 12.9. The van der Waals surface area contributed by atoms with E-state index in [0.717, 1.165) is 49.4 Å². The highest BCUT2D eigenvalue weighted by atomic mass is 16.2. The van der Waals surface area contributed by atoms with Gasteiger partial charge in [0, 0.05) is 37.3 Å². The van der Waals surface area contributed by atoms with Crippen LogP contribution in [-0.4, -0.2) is 36.2 Å². The minimum Gasteiger partial charge on any atom is -0.338 e. The predicted octanol–water partition coefficient (Wildman–Crippen LogP) is 3.14. The van der Waals surface area contributed by atoms with Crippen molar-refractivity contribution in [1.82, 2.24) is 4.90 Å². The number of rotatable bonds is 2. The van der Waals surface area contributed by atoms with Crippen LogP contribution >= 0.6 is 0 Å². The number of anilines is 1. The molecule has 0 N–H and O–H groups in total. The smallest absolute Gasteiger partial charge is 0.253 e. The first-order valence-corrected chi connectivity index (χ1v) is 7.84. The summed E-state index contributed by atoms with van der Waals surface area (Å²) < 4.78 is 0. The van der Waals surface area contributed by atoms with E-state index >= 15 is 0 Å². The summed E-state index contributed by atoms with van der Waals surface area (Å²) in [7, 11) is 0. The number of hydrogen-bond donors (Lipinski definition) is 0. The molecule has 21 heavy (non-hydrogen) atoms. The Morgan fingerprint density at radius 2 is 2.00 bits per heavy atom. The van der Waals surface area contributed by atoms with Crippen molar-refractivity contribution in [3.8, 4) is 0 Å². The second-order valence-electron chi connectivity index (χ2n) is 6.25. The zero-order valence-electron chi connectivity index (χ0n) is 12.9. The molecule has 4 nitrogen and oxygen atoms in total. The second kappa shape index (κ2) is 5.88. The van der Waals surface area contributed by atoms with Crippen molar-refractivity contribution in [2.45, 2.75) is 33.1 Å². The Morgan fingerprint density at radius 3 is 2.62 bits per heavy atom. The van der Waals surface area contributed by atoms with Crippen LogP contribution in [0.4, 0.5) is 5.69 Å². The minimum atomic E-state index is 0.161. The third kappa shape index (κ3) is 3.09. The van der Waals surface area contributed by atoms with Gasteiger partial charge in [-0.15, -0.1) is 0 Å². The number of hydrazone groups is 1. The molecule has 2 heterocycles. The molecule has 1 amide bonds. The van der Waals surface area contributed by atoms with E-state index in [1.807, 2.05) is 34.2 Å². The molecule has 0 bridgehead atoms. The van der Waals surface area contributed by atoms with Crippen molar-refractivity contribution in [3.63, 3.8) is 0 Å². The van der Waals surface area contributed by atoms with Gasteiger partial charge in [0.15, 0.2) is 0 Å². The highest BCUT2D eigenvalue weighted by Gasteiger charge is 2.22. The highest BCUT2D eigenvalue weighted by molar-refractivity contribution is 5.94. The van der Waals surface area contributed by atoms with Crippen LogP contribution in [0.25, 0.3) is 0 Å². The molecule has 1 aromatic carbocycles. The summed E-state index contributed by atoms with van der Waals surface area (Å²) in [4.78, 5) is 14.5. The molecule has 1 fully saturated rings. The summed E-state index contributed by atoms with van der Waals surface area (Å²) in [6.07, 6.45) is 3.37. The SMILES string of the molecule is CC1=NN(c2ccc(C(=O)N3CCCC(C)C3)cc2)CC1. The van der Waals surface area contributed by atoms with Crippen molar-refractivity contribution < 1.29 is 4.79 Å². The minimum absolute atomic E-state index is 0.161. The average Bonchev–Trinajstić information content (AvgIpc) is 2.93. The van der Waals surface area contributed by atoms with Crippen LogP contribution < -0.4 is 5.01 Å². The van der Waals surface area contributed by atoms with Crippen molar-refractivity contribution >= 4 is 17.3 Å². The molecule has 3 rings (SSSR count). The largest absolute Gasteiger partial charge is 0.338 e. The van der Waals surface area contributed by atoms with E-state index in [2.05, 4.69) is 18.9 Å². The number of likely N-dealkylation sites (tertiary alicyclic amines) is 1. The van der Waals surface area contributed by atoms with Crippen molar-refractivity contribution in [2.24, 2.45) is 11.0 Å². The number of nitrogens with zero attached hydrogens (tertiary/aromatic N) is 3. The van der Waals surface area contributed by atoms with Crippen LogP contribution in [-0.2, 0) is 0 Å². The van der Waals surface area contributed by atoms with Crippen LogP contribution in [0.2, 0.25) is 0 Å². The number of carbonyl (C=O) groups is 1. The first kappa shape index (κ1) is 14.1. The number of benzene rings is 1. The summed E-state index contributed by atoms with van der Waals surface area (Å²) in [5.41, 5.74) is 3.01. The lowest BCUT2D eigenvalue weighted by molar-refractivity contribution is 0.0683. The van der Waals surface area contributed by atoms with Gasteiger partial charge in [0.05, 0.1) is 5.69 Å². The average molecular weight is 285 g/mol. The fourth-order valence-electron chi connectivity index (χ4n) is 3.09. The molecule has 112 valence electrons. The highest BCUT2D eigenvalue weighted by Crippen LogP contribution is 2.22. The normalized spacial score (nSPS) is 22.4. The predicted molar refractivity (Wildman–Crippen MR) is 85.8 cm³/mol. The Hall–Kier alpha value is -1.84. The van der Waals surface area contributed by atoms with Gasteiger partial charge in [-0.05, 0) is 49.9 Å².